The van der Waals surface area contributed by atoms with Crippen LogP contribution in [0.15, 0.2) is 48.5 Å². The van der Waals surface area contributed by atoms with Gasteiger partial charge in [0.1, 0.15) is 12.6 Å². The van der Waals surface area contributed by atoms with Crippen molar-refractivity contribution >= 4 is 18.0 Å². The van der Waals surface area contributed by atoms with Crippen molar-refractivity contribution in [1.29, 1.82) is 0 Å². The number of nitrogens with zero attached hydrogens (tertiary/aromatic N) is 1. The fraction of sp³-hybridized carbons (Fsp3) is 0.400. The van der Waals surface area contributed by atoms with Gasteiger partial charge in [0.15, 0.2) is 0 Å². The molecule has 2 atom stereocenters. The average Bonchev–Trinajstić information content (AvgIpc) is 3.28. The summed E-state index contributed by atoms with van der Waals surface area (Å²) >= 11 is 0. The number of aliphatic hydroxyl groups excluding tert-OH is 1. The fourth-order valence-electron chi connectivity index (χ4n) is 5.06. The number of hydrogen-bond acceptors (Lipinski definition) is 5. The number of alkyl carbamates (subject to hydrolysis) is 1. The molecular weight excluding hydrogens is 424 g/mol. The lowest BCUT2D eigenvalue weighted by Crippen LogP contribution is -2.46. The molecule has 3 N–H and O–H groups in total. The lowest BCUT2D eigenvalue weighted by molar-refractivity contribution is -0.148. The molecule has 0 bridgehead atoms. The van der Waals surface area contributed by atoms with E-state index in [1.807, 2.05) is 36.4 Å². The van der Waals surface area contributed by atoms with Crippen LogP contribution >= 0.6 is 0 Å². The Hall–Kier alpha value is -3.39. The molecule has 2 fully saturated rings. The van der Waals surface area contributed by atoms with E-state index in [9.17, 15) is 24.6 Å². The van der Waals surface area contributed by atoms with Gasteiger partial charge in [0, 0.05) is 18.9 Å². The van der Waals surface area contributed by atoms with E-state index in [-0.39, 0.29) is 37.8 Å². The Morgan fingerprint density at radius 1 is 1.03 bits per heavy atom. The maximum absolute atomic E-state index is 12.7. The molecule has 33 heavy (non-hydrogen) atoms. The minimum absolute atomic E-state index is 0.00315. The first-order chi connectivity index (χ1) is 15.9. The van der Waals surface area contributed by atoms with Crippen molar-refractivity contribution in [2.24, 2.45) is 0 Å². The van der Waals surface area contributed by atoms with Gasteiger partial charge in [0.25, 0.3) is 0 Å². The third kappa shape index (κ3) is 4.06. The molecule has 1 aliphatic heterocycles. The number of aliphatic hydroxyl groups is 1. The topological polar surface area (TPSA) is 116 Å². The number of likely N-dealkylation sites (tertiary alicyclic amines) is 1. The highest BCUT2D eigenvalue weighted by Gasteiger charge is 2.49. The SMILES string of the molecule is O=C(NC1(CC(=O)N2CC(O)C[C@H]2C(=O)O)CC1)OCC1c2ccccc2-c2ccccc21. The van der Waals surface area contributed by atoms with Crippen molar-refractivity contribution in [3.8, 4) is 11.1 Å². The molecule has 2 aromatic carbocycles. The van der Waals surface area contributed by atoms with Crippen LogP contribution in [-0.4, -0.2) is 63.9 Å². The fourth-order valence-corrected chi connectivity index (χ4v) is 5.06. The van der Waals surface area contributed by atoms with E-state index in [4.69, 9.17) is 4.74 Å². The predicted molar refractivity (Wildman–Crippen MR) is 119 cm³/mol. The first-order valence-corrected chi connectivity index (χ1v) is 11.2. The number of ether oxygens (including phenoxy) is 1. The van der Waals surface area contributed by atoms with Crippen LogP contribution in [0, 0.1) is 0 Å². The number of nitrogens with one attached hydrogen (secondary N) is 1. The normalized spacial score (nSPS) is 22.4. The predicted octanol–water partition coefficient (Wildman–Crippen LogP) is 2.49. The van der Waals surface area contributed by atoms with Gasteiger partial charge in [-0.15, -0.1) is 0 Å². The number of hydrogen-bond donors (Lipinski definition) is 3. The second kappa shape index (κ2) is 8.19. The molecule has 172 valence electrons. The molecule has 1 heterocycles. The van der Waals surface area contributed by atoms with Gasteiger partial charge in [0.05, 0.1) is 18.1 Å². The monoisotopic (exact) mass is 450 g/mol. The first-order valence-electron chi connectivity index (χ1n) is 11.2. The van der Waals surface area contributed by atoms with Crippen LogP contribution in [0.1, 0.15) is 42.7 Å². The summed E-state index contributed by atoms with van der Waals surface area (Å²) < 4.78 is 5.59. The van der Waals surface area contributed by atoms with Crippen LogP contribution in [-0.2, 0) is 14.3 Å². The zero-order valence-corrected chi connectivity index (χ0v) is 18.1. The molecule has 8 nitrogen and oxygen atoms in total. The molecule has 1 saturated carbocycles. The highest BCUT2D eigenvalue weighted by atomic mass is 16.5. The molecule has 2 aliphatic carbocycles. The highest BCUT2D eigenvalue weighted by molar-refractivity contribution is 5.86. The van der Waals surface area contributed by atoms with Gasteiger partial charge in [-0.2, -0.15) is 0 Å². The Kier molecular flexibility index (Phi) is 5.32. The summed E-state index contributed by atoms with van der Waals surface area (Å²) in [7, 11) is 0. The molecule has 2 aromatic rings. The minimum atomic E-state index is -1.13. The number of carboxylic acid groups (broad SMARTS) is 1. The number of amides is 2. The zero-order chi connectivity index (χ0) is 23.2. The largest absolute Gasteiger partial charge is 0.480 e. The molecule has 8 heteroatoms. The van der Waals surface area contributed by atoms with Crippen LogP contribution < -0.4 is 5.32 Å². The maximum atomic E-state index is 12.7. The van der Waals surface area contributed by atoms with Gasteiger partial charge in [-0.3, -0.25) is 4.79 Å². The lowest BCUT2D eigenvalue weighted by atomic mass is 9.98. The summed E-state index contributed by atoms with van der Waals surface area (Å²) in [5, 5.41) is 22.0. The number of benzene rings is 2. The average molecular weight is 450 g/mol. The van der Waals surface area contributed by atoms with E-state index in [1.165, 1.54) is 4.90 Å². The van der Waals surface area contributed by atoms with E-state index >= 15 is 0 Å². The van der Waals surface area contributed by atoms with Crippen molar-refractivity contribution in [2.75, 3.05) is 13.2 Å². The summed E-state index contributed by atoms with van der Waals surface area (Å²) in [6.07, 6.45) is -0.172. The van der Waals surface area contributed by atoms with E-state index < -0.39 is 29.7 Å². The summed E-state index contributed by atoms with van der Waals surface area (Å²) in [6, 6.07) is 15.1. The van der Waals surface area contributed by atoms with Gasteiger partial charge in [0.2, 0.25) is 5.91 Å². The molecule has 0 radical (unpaired) electrons. The molecule has 0 aromatic heterocycles. The number of carboxylic acids is 1. The van der Waals surface area contributed by atoms with Crippen LogP contribution in [0.3, 0.4) is 0 Å². The molecule has 1 saturated heterocycles. The van der Waals surface area contributed by atoms with Gasteiger partial charge in [-0.25, -0.2) is 9.59 Å². The molecule has 5 rings (SSSR count). The number of rotatable bonds is 6. The number of carbonyl (C=O) groups is 3. The van der Waals surface area contributed by atoms with Gasteiger partial charge >= 0.3 is 12.1 Å². The number of β-amino-alcohol motifs (C(OH)–C–C–N with tert-alkyl or cyclic N) is 1. The lowest BCUT2D eigenvalue weighted by Gasteiger charge is -2.25. The smallest absolute Gasteiger partial charge is 0.407 e. The van der Waals surface area contributed by atoms with E-state index in [0.717, 1.165) is 22.3 Å². The van der Waals surface area contributed by atoms with Gasteiger partial charge < -0.3 is 25.2 Å². The molecule has 3 aliphatic rings. The van der Waals surface area contributed by atoms with Crippen molar-refractivity contribution in [2.45, 2.75) is 49.3 Å². The number of carbonyl (C=O) groups excluding carboxylic acids is 2. The number of fused-ring (bicyclic) bond motifs is 3. The zero-order valence-electron chi connectivity index (χ0n) is 18.1. The molecule has 0 spiro atoms. The summed E-state index contributed by atoms with van der Waals surface area (Å²) in [6.45, 7) is 0.181. The molecule has 1 unspecified atom stereocenters. The Bertz CT molecular complexity index is 1070. The van der Waals surface area contributed by atoms with Crippen molar-refractivity contribution in [3.05, 3.63) is 59.7 Å². The van der Waals surface area contributed by atoms with E-state index in [1.54, 1.807) is 0 Å². The summed E-state index contributed by atoms with van der Waals surface area (Å²) in [4.78, 5) is 38.0. The van der Waals surface area contributed by atoms with Crippen molar-refractivity contribution in [1.82, 2.24) is 10.2 Å². The van der Waals surface area contributed by atoms with Gasteiger partial charge in [-0.05, 0) is 35.1 Å². The van der Waals surface area contributed by atoms with E-state index in [2.05, 4.69) is 17.4 Å². The second-order valence-corrected chi connectivity index (χ2v) is 9.20. The van der Waals surface area contributed by atoms with Crippen LogP contribution in [0.4, 0.5) is 4.79 Å². The van der Waals surface area contributed by atoms with Gasteiger partial charge in [-0.1, -0.05) is 48.5 Å². The maximum Gasteiger partial charge on any atom is 0.407 e. The van der Waals surface area contributed by atoms with Crippen LogP contribution in [0.2, 0.25) is 0 Å². The quantitative estimate of drug-likeness (QED) is 0.623. The Labute approximate surface area is 191 Å². The van der Waals surface area contributed by atoms with Crippen LogP contribution in [0.5, 0.6) is 0 Å². The number of aliphatic carboxylic acids is 1. The van der Waals surface area contributed by atoms with E-state index in [0.29, 0.717) is 12.8 Å². The van der Waals surface area contributed by atoms with Crippen molar-refractivity contribution < 1.29 is 29.3 Å². The highest BCUT2D eigenvalue weighted by Crippen LogP contribution is 2.45. The summed E-state index contributed by atoms with van der Waals surface area (Å²) in [5.41, 5.74) is 3.82. The molecular formula is C25H26N2O6. The summed E-state index contributed by atoms with van der Waals surface area (Å²) in [5.74, 6) is -1.56. The minimum Gasteiger partial charge on any atom is -0.480 e. The third-order valence-corrected chi connectivity index (χ3v) is 6.94. The third-order valence-electron chi connectivity index (χ3n) is 6.94. The Balaban J connectivity index is 1.21. The Morgan fingerprint density at radius 3 is 2.21 bits per heavy atom. The van der Waals surface area contributed by atoms with Crippen LogP contribution in [0.25, 0.3) is 11.1 Å². The first kappa shape index (κ1) is 21.5. The Morgan fingerprint density at radius 2 is 1.64 bits per heavy atom. The molecule has 2 amide bonds. The standard InChI is InChI=1S/C25H26N2O6/c28-15-11-21(23(30)31)27(13-15)22(29)12-25(9-10-25)26-24(32)33-14-20-18-7-3-1-5-16(18)17-6-2-4-8-19(17)20/h1-8,15,20-21,28H,9-14H2,(H,26,32)(H,30,31)/t15?,21-/m0/s1. The van der Waals surface area contributed by atoms with Crippen molar-refractivity contribution in [3.63, 3.8) is 0 Å². The second-order valence-electron chi connectivity index (χ2n) is 9.20.